The van der Waals surface area contributed by atoms with Crippen molar-refractivity contribution < 1.29 is 8.42 Å². The molecule has 1 aromatic rings. The third kappa shape index (κ3) is 3.94. The fraction of sp³-hybridized carbons (Fsp3) is 0.615. The Labute approximate surface area is 134 Å². The van der Waals surface area contributed by atoms with Gasteiger partial charge in [-0.2, -0.15) is 4.31 Å². The summed E-state index contributed by atoms with van der Waals surface area (Å²) in [4.78, 5) is 6.59. The number of halogens is 1. The predicted molar refractivity (Wildman–Crippen MR) is 87.0 cm³/mol. The number of aromatic nitrogens is 1. The van der Waals surface area contributed by atoms with Gasteiger partial charge in [-0.05, 0) is 35.5 Å². The molecule has 1 N–H and O–H groups in total. The van der Waals surface area contributed by atoms with Crippen LogP contribution in [0.3, 0.4) is 0 Å². The maximum atomic E-state index is 12.8. The normalized spacial score (nSPS) is 17.9. The maximum Gasteiger partial charge on any atom is 0.246 e. The van der Waals surface area contributed by atoms with E-state index in [2.05, 4.69) is 31.1 Å². The van der Waals surface area contributed by atoms with Gasteiger partial charge in [0, 0.05) is 43.4 Å². The van der Waals surface area contributed by atoms with Crippen molar-refractivity contribution in [1.29, 1.82) is 0 Å². The van der Waals surface area contributed by atoms with Gasteiger partial charge >= 0.3 is 0 Å². The Morgan fingerprint density at radius 2 is 2.00 bits per heavy atom. The van der Waals surface area contributed by atoms with E-state index in [0.29, 0.717) is 29.9 Å². The van der Waals surface area contributed by atoms with Gasteiger partial charge in [0.1, 0.15) is 10.7 Å². The molecule has 0 spiro atoms. The number of sulfonamides is 1. The molecule has 21 heavy (non-hydrogen) atoms. The zero-order valence-corrected chi connectivity index (χ0v) is 14.7. The minimum absolute atomic E-state index is 0.245. The molecule has 1 aromatic heterocycles. The number of likely N-dealkylation sites (N-methyl/N-ethyl adjacent to an activating group) is 1. The van der Waals surface area contributed by atoms with E-state index in [-0.39, 0.29) is 4.90 Å². The Bertz CT molecular complexity index is 586. The lowest BCUT2D eigenvalue weighted by Crippen LogP contribution is -2.47. The standard InChI is InChI=1S/C13H21BrN4O2S/c1-3-4-15-13-12(9-11(14)10-16-13)21(19,20)18-7-5-17(2)6-8-18/h9-10H,3-8H2,1-2H3,(H,15,16). The zero-order chi connectivity index (χ0) is 15.5. The van der Waals surface area contributed by atoms with E-state index in [1.54, 1.807) is 12.3 Å². The van der Waals surface area contributed by atoms with Gasteiger partial charge in [-0.15, -0.1) is 0 Å². The summed E-state index contributed by atoms with van der Waals surface area (Å²) in [6, 6.07) is 1.62. The van der Waals surface area contributed by atoms with Crippen LogP contribution in [0.25, 0.3) is 0 Å². The van der Waals surface area contributed by atoms with E-state index in [1.807, 2.05) is 14.0 Å². The SMILES string of the molecule is CCCNc1ncc(Br)cc1S(=O)(=O)N1CCN(C)CC1. The molecule has 118 valence electrons. The highest BCUT2D eigenvalue weighted by molar-refractivity contribution is 9.10. The second-order valence-corrected chi connectivity index (χ2v) is 7.96. The highest BCUT2D eigenvalue weighted by Gasteiger charge is 2.30. The van der Waals surface area contributed by atoms with Crippen LogP contribution in [0.5, 0.6) is 0 Å². The van der Waals surface area contributed by atoms with Crippen molar-refractivity contribution in [2.45, 2.75) is 18.2 Å². The van der Waals surface area contributed by atoms with E-state index < -0.39 is 10.0 Å². The molecule has 0 aliphatic carbocycles. The number of anilines is 1. The van der Waals surface area contributed by atoms with E-state index in [9.17, 15) is 8.42 Å². The van der Waals surface area contributed by atoms with Gasteiger partial charge in [0.2, 0.25) is 10.0 Å². The Balaban J connectivity index is 2.32. The van der Waals surface area contributed by atoms with Crippen LogP contribution in [-0.4, -0.2) is 62.4 Å². The van der Waals surface area contributed by atoms with Gasteiger partial charge in [0.05, 0.1) is 0 Å². The largest absolute Gasteiger partial charge is 0.369 e. The first kappa shape index (κ1) is 16.7. The number of nitrogens with one attached hydrogen (secondary N) is 1. The fourth-order valence-electron chi connectivity index (χ4n) is 2.16. The van der Waals surface area contributed by atoms with Gasteiger partial charge in [0.15, 0.2) is 0 Å². The zero-order valence-electron chi connectivity index (χ0n) is 12.3. The predicted octanol–water partition coefficient (Wildman–Crippen LogP) is 1.60. The van der Waals surface area contributed by atoms with Gasteiger partial charge in [-0.25, -0.2) is 13.4 Å². The van der Waals surface area contributed by atoms with Crippen LogP contribution in [0.2, 0.25) is 0 Å². The van der Waals surface area contributed by atoms with Crippen LogP contribution in [-0.2, 0) is 10.0 Å². The topological polar surface area (TPSA) is 65.5 Å². The summed E-state index contributed by atoms with van der Waals surface area (Å²) in [6.07, 6.45) is 2.52. The summed E-state index contributed by atoms with van der Waals surface area (Å²) >= 11 is 3.31. The third-order valence-corrected chi connectivity index (χ3v) is 5.79. The summed E-state index contributed by atoms with van der Waals surface area (Å²) in [6.45, 7) is 5.24. The molecular formula is C13H21BrN4O2S. The van der Waals surface area contributed by atoms with Crippen molar-refractivity contribution in [3.05, 3.63) is 16.7 Å². The molecule has 0 bridgehead atoms. The summed E-state index contributed by atoms with van der Waals surface area (Å²) in [7, 11) is -1.52. The number of hydrogen-bond donors (Lipinski definition) is 1. The van der Waals surface area contributed by atoms with Crippen LogP contribution in [0.4, 0.5) is 5.82 Å². The Morgan fingerprint density at radius 1 is 1.33 bits per heavy atom. The first-order chi connectivity index (χ1) is 9.95. The van der Waals surface area contributed by atoms with Crippen molar-refractivity contribution in [3.63, 3.8) is 0 Å². The first-order valence-electron chi connectivity index (χ1n) is 7.03. The van der Waals surface area contributed by atoms with Crippen molar-refractivity contribution in [2.24, 2.45) is 0 Å². The number of hydrogen-bond acceptors (Lipinski definition) is 5. The molecule has 2 heterocycles. The Hall–Kier alpha value is -0.700. The van der Waals surface area contributed by atoms with Crippen molar-refractivity contribution in [2.75, 3.05) is 45.1 Å². The number of rotatable bonds is 5. The molecule has 8 heteroatoms. The molecule has 6 nitrogen and oxygen atoms in total. The molecule has 1 fully saturated rings. The number of pyridine rings is 1. The molecule has 0 atom stereocenters. The first-order valence-corrected chi connectivity index (χ1v) is 9.26. The van der Waals surface area contributed by atoms with E-state index in [0.717, 1.165) is 19.5 Å². The Kier molecular flexibility index (Phi) is 5.59. The average molecular weight is 377 g/mol. The molecule has 2 rings (SSSR count). The molecule has 0 unspecified atom stereocenters. The quantitative estimate of drug-likeness (QED) is 0.845. The molecule has 0 saturated carbocycles. The molecule has 0 radical (unpaired) electrons. The maximum absolute atomic E-state index is 12.8. The minimum Gasteiger partial charge on any atom is -0.369 e. The van der Waals surface area contributed by atoms with Crippen LogP contribution < -0.4 is 5.32 Å². The fourth-order valence-corrected chi connectivity index (χ4v) is 4.21. The highest BCUT2D eigenvalue weighted by Crippen LogP contribution is 2.26. The van der Waals surface area contributed by atoms with E-state index in [1.165, 1.54) is 4.31 Å². The third-order valence-electron chi connectivity index (χ3n) is 3.44. The van der Waals surface area contributed by atoms with Gasteiger partial charge in [-0.1, -0.05) is 6.92 Å². The van der Waals surface area contributed by atoms with Gasteiger partial charge < -0.3 is 10.2 Å². The molecule has 1 aliphatic heterocycles. The number of piperazine rings is 1. The Morgan fingerprint density at radius 3 is 2.62 bits per heavy atom. The summed E-state index contributed by atoms with van der Waals surface area (Å²) in [5, 5.41) is 3.10. The van der Waals surface area contributed by atoms with Crippen molar-refractivity contribution in [1.82, 2.24) is 14.2 Å². The lowest BCUT2D eigenvalue weighted by Gasteiger charge is -2.31. The monoisotopic (exact) mass is 376 g/mol. The molecule has 0 aromatic carbocycles. The van der Waals surface area contributed by atoms with E-state index >= 15 is 0 Å². The lowest BCUT2D eigenvalue weighted by atomic mass is 10.4. The van der Waals surface area contributed by atoms with Crippen LogP contribution >= 0.6 is 15.9 Å². The molecule has 0 amide bonds. The number of nitrogens with zero attached hydrogens (tertiary/aromatic N) is 3. The lowest BCUT2D eigenvalue weighted by molar-refractivity contribution is 0.222. The average Bonchev–Trinajstić information content (AvgIpc) is 2.46. The van der Waals surface area contributed by atoms with Crippen molar-refractivity contribution >= 4 is 31.8 Å². The van der Waals surface area contributed by atoms with Crippen LogP contribution in [0.1, 0.15) is 13.3 Å². The molecular weight excluding hydrogens is 356 g/mol. The summed E-state index contributed by atoms with van der Waals surface area (Å²) < 4.78 is 27.9. The molecule has 1 saturated heterocycles. The smallest absolute Gasteiger partial charge is 0.246 e. The molecule has 1 aliphatic rings. The van der Waals surface area contributed by atoms with Crippen molar-refractivity contribution in [3.8, 4) is 0 Å². The summed E-state index contributed by atoms with van der Waals surface area (Å²) in [5.74, 6) is 0.430. The second-order valence-electron chi connectivity index (χ2n) is 5.13. The van der Waals surface area contributed by atoms with Gasteiger partial charge in [0.25, 0.3) is 0 Å². The van der Waals surface area contributed by atoms with Crippen LogP contribution in [0, 0.1) is 0 Å². The van der Waals surface area contributed by atoms with E-state index in [4.69, 9.17) is 0 Å². The van der Waals surface area contributed by atoms with Crippen LogP contribution in [0.15, 0.2) is 21.6 Å². The minimum atomic E-state index is -3.52. The summed E-state index contributed by atoms with van der Waals surface area (Å²) in [5.41, 5.74) is 0. The highest BCUT2D eigenvalue weighted by atomic mass is 79.9. The second kappa shape index (κ2) is 7.04. The van der Waals surface area contributed by atoms with Gasteiger partial charge in [-0.3, -0.25) is 0 Å².